The molecule has 3 rings (SSSR count). The fourth-order valence-electron chi connectivity index (χ4n) is 2.80. The summed E-state index contributed by atoms with van der Waals surface area (Å²) in [5.41, 5.74) is 6.72. The Morgan fingerprint density at radius 3 is 2.75 bits per heavy atom. The second kappa shape index (κ2) is 4.98. The van der Waals surface area contributed by atoms with Gasteiger partial charge in [0.05, 0.1) is 5.41 Å². The number of hydrogen-bond acceptors (Lipinski definition) is 4. The molecule has 1 aliphatic carbocycles. The van der Waals surface area contributed by atoms with Crippen LogP contribution in [0.15, 0.2) is 28.8 Å². The van der Waals surface area contributed by atoms with Crippen LogP contribution >= 0.6 is 0 Å². The van der Waals surface area contributed by atoms with Crippen molar-refractivity contribution in [3.8, 4) is 11.4 Å². The van der Waals surface area contributed by atoms with Gasteiger partial charge in [-0.05, 0) is 44.0 Å². The summed E-state index contributed by atoms with van der Waals surface area (Å²) in [5, 5.41) is 4.01. The molecule has 0 saturated heterocycles. The van der Waals surface area contributed by atoms with E-state index in [1.54, 1.807) is 12.1 Å². The van der Waals surface area contributed by atoms with Crippen LogP contribution in [-0.4, -0.2) is 16.2 Å². The molecule has 0 spiro atoms. The predicted molar refractivity (Wildman–Crippen MR) is 73.5 cm³/mol. The molecule has 5 heteroatoms. The van der Waals surface area contributed by atoms with Gasteiger partial charge in [0.2, 0.25) is 11.7 Å². The zero-order valence-electron chi connectivity index (χ0n) is 11.5. The van der Waals surface area contributed by atoms with E-state index < -0.39 is 0 Å². The quantitative estimate of drug-likeness (QED) is 0.915. The summed E-state index contributed by atoms with van der Waals surface area (Å²) in [6.07, 6.45) is 4.21. The summed E-state index contributed by atoms with van der Waals surface area (Å²) < 4.78 is 18.4. The van der Waals surface area contributed by atoms with Crippen molar-refractivity contribution in [2.45, 2.75) is 44.1 Å². The summed E-state index contributed by atoms with van der Waals surface area (Å²) in [6.45, 7) is 2.08. The van der Waals surface area contributed by atoms with Gasteiger partial charge in [0, 0.05) is 11.6 Å². The molecule has 2 N–H and O–H groups in total. The fourth-order valence-corrected chi connectivity index (χ4v) is 2.80. The third-order valence-corrected chi connectivity index (χ3v) is 4.30. The fraction of sp³-hybridized carbons (Fsp3) is 0.467. The highest BCUT2D eigenvalue weighted by molar-refractivity contribution is 5.53. The van der Waals surface area contributed by atoms with Crippen molar-refractivity contribution >= 4 is 0 Å². The lowest BCUT2D eigenvalue weighted by Crippen LogP contribution is -2.45. The van der Waals surface area contributed by atoms with Crippen molar-refractivity contribution in [2.24, 2.45) is 5.73 Å². The van der Waals surface area contributed by atoms with E-state index in [2.05, 4.69) is 17.1 Å². The Morgan fingerprint density at radius 1 is 1.30 bits per heavy atom. The number of hydrogen-bond donors (Lipinski definition) is 1. The summed E-state index contributed by atoms with van der Waals surface area (Å²) in [6, 6.07) is 6.11. The number of aromatic nitrogens is 2. The molecule has 0 bridgehead atoms. The zero-order valence-corrected chi connectivity index (χ0v) is 11.5. The molecule has 20 heavy (non-hydrogen) atoms. The van der Waals surface area contributed by atoms with Gasteiger partial charge in [0.1, 0.15) is 5.82 Å². The van der Waals surface area contributed by atoms with Crippen molar-refractivity contribution in [1.82, 2.24) is 10.1 Å². The molecule has 1 aliphatic rings. The molecular weight excluding hydrogens is 257 g/mol. The van der Waals surface area contributed by atoms with Crippen LogP contribution in [0.3, 0.4) is 0 Å². The van der Waals surface area contributed by atoms with Crippen LogP contribution in [-0.2, 0) is 5.41 Å². The van der Waals surface area contributed by atoms with E-state index >= 15 is 0 Å². The van der Waals surface area contributed by atoms with Crippen LogP contribution < -0.4 is 5.73 Å². The van der Waals surface area contributed by atoms with Crippen molar-refractivity contribution in [3.05, 3.63) is 36.0 Å². The van der Waals surface area contributed by atoms with Crippen molar-refractivity contribution in [3.63, 3.8) is 0 Å². The first-order valence-electron chi connectivity index (χ1n) is 6.95. The number of nitrogens with zero attached hydrogens (tertiary/aromatic N) is 2. The van der Waals surface area contributed by atoms with Crippen LogP contribution in [0.5, 0.6) is 0 Å². The Balaban J connectivity index is 1.91. The average Bonchev–Trinajstić information content (AvgIpc) is 2.93. The van der Waals surface area contributed by atoms with Gasteiger partial charge in [0.15, 0.2) is 0 Å². The maximum absolute atomic E-state index is 12.9. The highest BCUT2D eigenvalue weighted by atomic mass is 19.1. The minimum atomic E-state index is -0.279. The molecular formula is C15H18FN3O. The van der Waals surface area contributed by atoms with Crippen LogP contribution in [0, 0.1) is 5.82 Å². The highest BCUT2D eigenvalue weighted by Crippen LogP contribution is 2.37. The summed E-state index contributed by atoms with van der Waals surface area (Å²) in [5.74, 6) is 0.793. The van der Waals surface area contributed by atoms with Gasteiger partial charge in [-0.25, -0.2) is 4.39 Å². The lowest BCUT2D eigenvalue weighted by Gasteiger charge is -2.35. The minimum Gasteiger partial charge on any atom is -0.338 e. The Hall–Kier alpha value is -1.75. The normalized spacial score (nSPS) is 26.6. The van der Waals surface area contributed by atoms with Gasteiger partial charge in [-0.3, -0.25) is 0 Å². The molecule has 4 nitrogen and oxygen atoms in total. The maximum atomic E-state index is 12.9. The molecule has 0 radical (unpaired) electrons. The highest BCUT2D eigenvalue weighted by Gasteiger charge is 2.40. The number of rotatable bonds is 2. The van der Waals surface area contributed by atoms with E-state index in [0.717, 1.165) is 31.2 Å². The molecule has 0 aliphatic heterocycles. The van der Waals surface area contributed by atoms with Gasteiger partial charge >= 0.3 is 0 Å². The number of benzene rings is 1. The first-order chi connectivity index (χ1) is 9.59. The van der Waals surface area contributed by atoms with Crippen LogP contribution in [0.4, 0.5) is 4.39 Å². The third kappa shape index (κ3) is 2.22. The van der Waals surface area contributed by atoms with Gasteiger partial charge in [-0.2, -0.15) is 4.98 Å². The summed E-state index contributed by atoms with van der Waals surface area (Å²) in [7, 11) is 0. The Morgan fingerprint density at radius 2 is 2.05 bits per heavy atom. The number of nitrogens with two attached hydrogens (primary N) is 1. The molecule has 1 fully saturated rings. The molecule has 0 amide bonds. The van der Waals surface area contributed by atoms with E-state index in [1.165, 1.54) is 12.1 Å². The smallest absolute Gasteiger partial charge is 0.234 e. The number of halogens is 1. The van der Waals surface area contributed by atoms with E-state index in [-0.39, 0.29) is 17.3 Å². The van der Waals surface area contributed by atoms with Gasteiger partial charge in [-0.1, -0.05) is 18.0 Å². The summed E-state index contributed by atoms with van der Waals surface area (Å²) in [4.78, 5) is 4.48. The second-order valence-corrected chi connectivity index (χ2v) is 5.70. The Labute approximate surface area is 117 Å². The molecule has 106 valence electrons. The van der Waals surface area contributed by atoms with Gasteiger partial charge < -0.3 is 10.3 Å². The lowest BCUT2D eigenvalue weighted by atomic mass is 9.72. The molecule has 1 aromatic heterocycles. The maximum Gasteiger partial charge on any atom is 0.234 e. The Kier molecular flexibility index (Phi) is 3.30. The predicted octanol–water partition coefficient (Wildman–Crippen LogP) is 3.03. The summed E-state index contributed by atoms with van der Waals surface area (Å²) >= 11 is 0. The standard InChI is InChI=1S/C15H18FN3O/c1-15(9-3-2-4-12(15)17)14-18-13(19-20-14)10-5-7-11(16)8-6-10/h5-8,12H,2-4,9,17H2,1H3. The zero-order chi connectivity index (χ0) is 14.2. The minimum absolute atomic E-state index is 0.0396. The molecule has 2 atom stereocenters. The average molecular weight is 275 g/mol. The van der Waals surface area contributed by atoms with Gasteiger partial charge in [0.25, 0.3) is 0 Å². The second-order valence-electron chi connectivity index (χ2n) is 5.70. The molecule has 2 aromatic rings. The van der Waals surface area contributed by atoms with Crippen LogP contribution in [0.1, 0.15) is 38.5 Å². The molecule has 1 aromatic carbocycles. The first-order valence-corrected chi connectivity index (χ1v) is 6.95. The first kappa shape index (κ1) is 13.2. The van der Waals surface area contributed by atoms with Crippen LogP contribution in [0.2, 0.25) is 0 Å². The van der Waals surface area contributed by atoms with E-state index in [4.69, 9.17) is 10.3 Å². The Bertz CT molecular complexity index is 595. The van der Waals surface area contributed by atoms with Crippen molar-refractivity contribution in [1.29, 1.82) is 0 Å². The van der Waals surface area contributed by atoms with E-state index in [9.17, 15) is 4.39 Å². The topological polar surface area (TPSA) is 64.9 Å². The van der Waals surface area contributed by atoms with E-state index in [1.807, 2.05) is 0 Å². The monoisotopic (exact) mass is 275 g/mol. The molecule has 1 saturated carbocycles. The SMILES string of the molecule is CC1(c2nc(-c3ccc(F)cc3)no2)CCCCC1N. The van der Waals surface area contributed by atoms with E-state index in [0.29, 0.717) is 11.7 Å². The van der Waals surface area contributed by atoms with Crippen molar-refractivity contribution < 1.29 is 8.91 Å². The molecule has 2 unspecified atom stereocenters. The lowest BCUT2D eigenvalue weighted by molar-refractivity contribution is 0.203. The van der Waals surface area contributed by atoms with Crippen LogP contribution in [0.25, 0.3) is 11.4 Å². The van der Waals surface area contributed by atoms with Gasteiger partial charge in [-0.15, -0.1) is 0 Å². The third-order valence-electron chi connectivity index (χ3n) is 4.30. The van der Waals surface area contributed by atoms with Crippen molar-refractivity contribution in [2.75, 3.05) is 0 Å². The molecule has 1 heterocycles. The largest absolute Gasteiger partial charge is 0.338 e.